The van der Waals surface area contributed by atoms with E-state index in [0.717, 1.165) is 0 Å². The maximum absolute atomic E-state index is 12.2. The van der Waals surface area contributed by atoms with Gasteiger partial charge in [-0.05, 0) is 30.5 Å². The standard InChI is InChI=1S/C13H18ClNO5S/c1-8(2)6-11(13(16)17)15-21(18,19)9-4-5-12(20-3)10(14)7-9/h4-5,7-8,11,15H,6H2,1-3H3,(H,16,17). The Bertz CT molecular complexity index is 615. The van der Waals surface area contributed by atoms with Gasteiger partial charge in [-0.3, -0.25) is 4.79 Å². The predicted molar refractivity (Wildman–Crippen MR) is 79.2 cm³/mol. The highest BCUT2D eigenvalue weighted by molar-refractivity contribution is 7.89. The van der Waals surface area contributed by atoms with E-state index in [4.69, 9.17) is 21.4 Å². The van der Waals surface area contributed by atoms with Gasteiger partial charge < -0.3 is 9.84 Å². The van der Waals surface area contributed by atoms with E-state index in [9.17, 15) is 13.2 Å². The zero-order valence-electron chi connectivity index (χ0n) is 12.0. The van der Waals surface area contributed by atoms with Gasteiger partial charge in [0.2, 0.25) is 10.0 Å². The summed E-state index contributed by atoms with van der Waals surface area (Å²) in [6, 6.07) is 2.75. The molecule has 0 fully saturated rings. The molecule has 0 heterocycles. The Labute approximate surface area is 129 Å². The Hall–Kier alpha value is -1.31. The molecule has 0 saturated heterocycles. The van der Waals surface area contributed by atoms with E-state index in [1.165, 1.54) is 25.3 Å². The summed E-state index contributed by atoms with van der Waals surface area (Å²) in [5, 5.41) is 9.23. The third kappa shape index (κ3) is 4.87. The SMILES string of the molecule is COc1ccc(S(=O)(=O)NC(CC(C)C)C(=O)O)cc1Cl. The van der Waals surface area contributed by atoms with Gasteiger partial charge in [-0.2, -0.15) is 4.72 Å². The molecule has 1 aromatic carbocycles. The highest BCUT2D eigenvalue weighted by Gasteiger charge is 2.26. The van der Waals surface area contributed by atoms with Gasteiger partial charge in [0.25, 0.3) is 0 Å². The smallest absolute Gasteiger partial charge is 0.321 e. The molecule has 0 aliphatic carbocycles. The first-order valence-electron chi connectivity index (χ1n) is 6.26. The van der Waals surface area contributed by atoms with Gasteiger partial charge in [-0.15, -0.1) is 0 Å². The highest BCUT2D eigenvalue weighted by atomic mass is 35.5. The fourth-order valence-corrected chi connectivity index (χ4v) is 3.29. The topological polar surface area (TPSA) is 92.7 Å². The van der Waals surface area contributed by atoms with Crippen LogP contribution in [-0.2, 0) is 14.8 Å². The van der Waals surface area contributed by atoms with Crippen LogP contribution in [0.1, 0.15) is 20.3 Å². The molecule has 0 spiro atoms. The largest absolute Gasteiger partial charge is 0.495 e. The van der Waals surface area contributed by atoms with Crippen molar-refractivity contribution in [3.05, 3.63) is 23.2 Å². The summed E-state index contributed by atoms with van der Waals surface area (Å²) in [7, 11) is -2.56. The summed E-state index contributed by atoms with van der Waals surface area (Å²) >= 11 is 5.89. The fraction of sp³-hybridized carbons (Fsp3) is 0.462. The molecular weight excluding hydrogens is 318 g/mol. The first-order chi connectivity index (χ1) is 9.67. The molecule has 21 heavy (non-hydrogen) atoms. The van der Waals surface area contributed by atoms with Crippen LogP contribution in [0.5, 0.6) is 5.75 Å². The van der Waals surface area contributed by atoms with Crippen molar-refractivity contribution in [2.45, 2.75) is 31.2 Å². The van der Waals surface area contributed by atoms with E-state index in [2.05, 4.69) is 4.72 Å². The molecule has 0 aliphatic heterocycles. The number of ether oxygens (including phenoxy) is 1. The summed E-state index contributed by atoms with van der Waals surface area (Å²) in [6.45, 7) is 3.63. The number of hydrogen-bond acceptors (Lipinski definition) is 4. The van der Waals surface area contributed by atoms with Crippen molar-refractivity contribution in [3.8, 4) is 5.75 Å². The number of hydrogen-bond donors (Lipinski definition) is 2. The number of aliphatic carboxylic acids is 1. The maximum Gasteiger partial charge on any atom is 0.321 e. The molecule has 0 radical (unpaired) electrons. The van der Waals surface area contributed by atoms with E-state index >= 15 is 0 Å². The Morgan fingerprint density at radius 2 is 2.05 bits per heavy atom. The minimum absolute atomic E-state index is 0.0354. The number of halogens is 1. The molecule has 0 bridgehead atoms. The van der Waals surface area contributed by atoms with Gasteiger partial charge >= 0.3 is 5.97 Å². The highest BCUT2D eigenvalue weighted by Crippen LogP contribution is 2.27. The molecule has 118 valence electrons. The fourth-order valence-electron chi connectivity index (χ4n) is 1.74. The molecule has 2 N–H and O–H groups in total. The van der Waals surface area contributed by atoms with Crippen molar-refractivity contribution in [1.29, 1.82) is 0 Å². The number of nitrogens with one attached hydrogen (secondary N) is 1. The number of methoxy groups -OCH3 is 1. The molecule has 6 nitrogen and oxygen atoms in total. The predicted octanol–water partition coefficient (Wildman–Crippen LogP) is 2.13. The van der Waals surface area contributed by atoms with Crippen LogP contribution in [0.3, 0.4) is 0 Å². The lowest BCUT2D eigenvalue weighted by atomic mass is 10.1. The molecule has 0 saturated carbocycles. The molecule has 1 aromatic rings. The number of rotatable bonds is 7. The van der Waals surface area contributed by atoms with Gasteiger partial charge in [0.05, 0.1) is 17.0 Å². The molecule has 8 heteroatoms. The quantitative estimate of drug-likeness (QED) is 0.796. The van der Waals surface area contributed by atoms with Gasteiger partial charge in [-0.25, -0.2) is 8.42 Å². The van der Waals surface area contributed by atoms with Crippen molar-refractivity contribution in [3.63, 3.8) is 0 Å². The van der Waals surface area contributed by atoms with Crippen molar-refractivity contribution in [2.75, 3.05) is 7.11 Å². The molecular formula is C13H18ClNO5S. The van der Waals surface area contributed by atoms with Crippen LogP contribution in [-0.4, -0.2) is 32.6 Å². The van der Waals surface area contributed by atoms with E-state index in [0.29, 0.717) is 5.75 Å². The van der Waals surface area contributed by atoms with E-state index in [-0.39, 0.29) is 22.3 Å². The second-order valence-corrected chi connectivity index (χ2v) is 7.06. The molecule has 1 rings (SSSR count). The number of sulfonamides is 1. The molecule has 0 amide bonds. The lowest BCUT2D eigenvalue weighted by Gasteiger charge is -2.17. The average Bonchev–Trinajstić information content (AvgIpc) is 2.36. The van der Waals surface area contributed by atoms with Gasteiger partial charge in [-0.1, -0.05) is 25.4 Å². The molecule has 1 atom stereocenters. The van der Waals surface area contributed by atoms with Crippen LogP contribution >= 0.6 is 11.6 Å². The molecule has 0 aromatic heterocycles. The first kappa shape index (κ1) is 17.7. The number of carboxylic acid groups (broad SMARTS) is 1. The lowest BCUT2D eigenvalue weighted by Crippen LogP contribution is -2.41. The van der Waals surface area contributed by atoms with E-state index in [1.54, 1.807) is 0 Å². The zero-order valence-corrected chi connectivity index (χ0v) is 13.5. The monoisotopic (exact) mass is 335 g/mol. The van der Waals surface area contributed by atoms with Crippen LogP contribution in [0.2, 0.25) is 5.02 Å². The zero-order chi connectivity index (χ0) is 16.2. The Morgan fingerprint density at radius 3 is 2.48 bits per heavy atom. The van der Waals surface area contributed by atoms with Crippen LogP contribution in [0.25, 0.3) is 0 Å². The van der Waals surface area contributed by atoms with Crippen LogP contribution in [0.15, 0.2) is 23.1 Å². The third-order valence-electron chi connectivity index (χ3n) is 2.74. The van der Waals surface area contributed by atoms with E-state index < -0.39 is 22.0 Å². The van der Waals surface area contributed by atoms with Crippen LogP contribution < -0.4 is 9.46 Å². The molecule has 1 unspecified atom stereocenters. The third-order valence-corrected chi connectivity index (χ3v) is 4.50. The second-order valence-electron chi connectivity index (χ2n) is 4.94. The van der Waals surface area contributed by atoms with E-state index in [1.807, 2.05) is 13.8 Å². The van der Waals surface area contributed by atoms with Crippen molar-refractivity contribution >= 4 is 27.6 Å². The maximum atomic E-state index is 12.2. The van der Waals surface area contributed by atoms with Crippen molar-refractivity contribution in [1.82, 2.24) is 4.72 Å². The van der Waals surface area contributed by atoms with Gasteiger partial charge in [0.1, 0.15) is 11.8 Å². The minimum atomic E-state index is -3.97. The lowest BCUT2D eigenvalue weighted by molar-refractivity contribution is -0.139. The summed E-state index contributed by atoms with van der Waals surface area (Å²) in [6.07, 6.45) is 0.193. The first-order valence-corrected chi connectivity index (χ1v) is 8.12. The van der Waals surface area contributed by atoms with Crippen LogP contribution in [0, 0.1) is 5.92 Å². The van der Waals surface area contributed by atoms with Crippen molar-refractivity contribution < 1.29 is 23.1 Å². The number of benzene rings is 1. The van der Waals surface area contributed by atoms with Gasteiger partial charge in [0, 0.05) is 0 Å². The normalized spacial score (nSPS) is 13.2. The number of carbonyl (C=O) groups is 1. The van der Waals surface area contributed by atoms with Crippen molar-refractivity contribution in [2.24, 2.45) is 5.92 Å². The molecule has 0 aliphatic rings. The van der Waals surface area contributed by atoms with Gasteiger partial charge in [0.15, 0.2) is 0 Å². The summed E-state index contributed by atoms with van der Waals surface area (Å²) in [4.78, 5) is 11.0. The Balaban J connectivity index is 3.04. The number of carboxylic acids is 1. The summed E-state index contributed by atoms with van der Waals surface area (Å²) in [5.41, 5.74) is 0. The van der Waals surface area contributed by atoms with Crippen LogP contribution in [0.4, 0.5) is 0 Å². The summed E-state index contributed by atoms with van der Waals surface area (Å²) < 4.78 is 31.5. The average molecular weight is 336 g/mol. The Morgan fingerprint density at radius 1 is 1.43 bits per heavy atom. The minimum Gasteiger partial charge on any atom is -0.495 e. The summed E-state index contributed by atoms with van der Waals surface area (Å²) in [5.74, 6) is -0.840. The second kappa shape index (κ2) is 7.11. The Kier molecular flexibility index (Phi) is 6.00.